The molecule has 1 aromatic rings. The molecule has 1 aliphatic rings. The zero-order chi connectivity index (χ0) is 14.8. The van der Waals surface area contributed by atoms with Gasteiger partial charge in [0.15, 0.2) is 5.84 Å². The summed E-state index contributed by atoms with van der Waals surface area (Å²) < 4.78 is 0.614. The van der Waals surface area contributed by atoms with E-state index in [9.17, 15) is 4.79 Å². The van der Waals surface area contributed by atoms with Crippen molar-refractivity contribution in [1.82, 2.24) is 0 Å². The molecule has 0 atom stereocenters. The van der Waals surface area contributed by atoms with E-state index in [0.717, 1.165) is 12.8 Å². The first-order chi connectivity index (χ1) is 9.51. The highest BCUT2D eigenvalue weighted by molar-refractivity contribution is 9.10. The fraction of sp³-hybridized carbons (Fsp3) is 0.385. The number of nitrogens with one attached hydrogen (secondary N) is 1. The normalized spacial score (nSPS) is 18.0. The summed E-state index contributed by atoms with van der Waals surface area (Å²) in [5, 5.41) is 15.3. The summed E-state index contributed by atoms with van der Waals surface area (Å²) in [6.45, 7) is 0. The molecule has 0 unspecified atom stereocenters. The van der Waals surface area contributed by atoms with Crippen LogP contribution in [0, 0.1) is 5.41 Å². The molecule has 5 nitrogen and oxygen atoms in total. The third-order valence-corrected chi connectivity index (χ3v) is 5.09. The van der Waals surface area contributed by atoms with E-state index in [2.05, 4.69) is 26.4 Å². The van der Waals surface area contributed by atoms with Crippen molar-refractivity contribution in [3.05, 3.63) is 27.7 Å². The lowest BCUT2D eigenvalue weighted by atomic mass is 9.83. The second kappa shape index (κ2) is 6.01. The summed E-state index contributed by atoms with van der Waals surface area (Å²) >= 11 is 9.33. The fourth-order valence-electron chi connectivity index (χ4n) is 2.52. The average molecular weight is 361 g/mol. The summed E-state index contributed by atoms with van der Waals surface area (Å²) in [6, 6.07) is 5.20. The van der Waals surface area contributed by atoms with Crippen LogP contribution in [0.25, 0.3) is 0 Å². The van der Waals surface area contributed by atoms with E-state index in [1.54, 1.807) is 18.2 Å². The standard InChI is InChI=1S/C13H15BrClN3O2/c14-10-8(15)4-3-5-9(10)17-12(19)13(11(16)18-20)6-1-2-7-13/h3-5,20H,1-2,6-7H2,(H2,16,18)(H,17,19). The van der Waals surface area contributed by atoms with Crippen LogP contribution in [0.5, 0.6) is 0 Å². The predicted octanol–water partition coefficient (Wildman–Crippen LogP) is 3.35. The monoisotopic (exact) mass is 359 g/mol. The molecule has 1 aliphatic carbocycles. The highest BCUT2D eigenvalue weighted by Crippen LogP contribution is 2.40. The van der Waals surface area contributed by atoms with Crippen molar-refractivity contribution in [2.75, 3.05) is 5.32 Å². The Labute approximate surface area is 130 Å². The number of carbonyl (C=O) groups is 1. The first-order valence-electron chi connectivity index (χ1n) is 6.25. The molecule has 1 saturated carbocycles. The molecule has 0 saturated heterocycles. The van der Waals surface area contributed by atoms with Gasteiger partial charge in [-0.25, -0.2) is 0 Å². The molecule has 4 N–H and O–H groups in total. The van der Waals surface area contributed by atoms with E-state index in [4.69, 9.17) is 22.5 Å². The molecule has 0 bridgehead atoms. The van der Waals surface area contributed by atoms with Gasteiger partial charge < -0.3 is 16.3 Å². The Balaban J connectivity index is 2.28. The van der Waals surface area contributed by atoms with Crippen LogP contribution in [0.3, 0.4) is 0 Å². The Bertz CT molecular complexity index is 557. The largest absolute Gasteiger partial charge is 0.409 e. The van der Waals surface area contributed by atoms with Crippen molar-refractivity contribution in [2.45, 2.75) is 25.7 Å². The number of nitrogens with two attached hydrogens (primary N) is 1. The van der Waals surface area contributed by atoms with Crippen LogP contribution in [0.2, 0.25) is 5.02 Å². The van der Waals surface area contributed by atoms with Crippen LogP contribution in [0.4, 0.5) is 5.69 Å². The van der Waals surface area contributed by atoms with Crippen LogP contribution >= 0.6 is 27.5 Å². The molecule has 1 amide bonds. The number of anilines is 1. The van der Waals surface area contributed by atoms with Crippen molar-refractivity contribution in [3.8, 4) is 0 Å². The maximum absolute atomic E-state index is 12.6. The minimum absolute atomic E-state index is 0.0364. The average Bonchev–Trinajstić information content (AvgIpc) is 2.93. The molecule has 0 radical (unpaired) electrons. The minimum Gasteiger partial charge on any atom is -0.409 e. The van der Waals surface area contributed by atoms with E-state index in [1.807, 2.05) is 0 Å². The fourth-order valence-corrected chi connectivity index (χ4v) is 3.05. The number of amidine groups is 1. The van der Waals surface area contributed by atoms with Gasteiger partial charge in [-0.1, -0.05) is 35.7 Å². The number of carbonyl (C=O) groups excluding carboxylic acids is 1. The molecular weight excluding hydrogens is 346 g/mol. The molecule has 7 heteroatoms. The van der Waals surface area contributed by atoms with Gasteiger partial charge in [0, 0.05) is 0 Å². The van der Waals surface area contributed by atoms with Gasteiger partial charge in [0.1, 0.15) is 5.41 Å². The first kappa shape index (κ1) is 15.1. The molecule has 0 aromatic heterocycles. The Morgan fingerprint density at radius 1 is 1.45 bits per heavy atom. The number of oxime groups is 1. The van der Waals surface area contributed by atoms with Gasteiger partial charge in [0.2, 0.25) is 5.91 Å². The van der Waals surface area contributed by atoms with E-state index >= 15 is 0 Å². The molecule has 0 heterocycles. The molecule has 20 heavy (non-hydrogen) atoms. The predicted molar refractivity (Wildman–Crippen MR) is 82.1 cm³/mol. The molecule has 1 fully saturated rings. The lowest BCUT2D eigenvalue weighted by Gasteiger charge is -2.26. The van der Waals surface area contributed by atoms with Crippen molar-refractivity contribution in [1.29, 1.82) is 0 Å². The lowest BCUT2D eigenvalue weighted by molar-refractivity contribution is -0.122. The summed E-state index contributed by atoms with van der Waals surface area (Å²) in [5.41, 5.74) is 5.37. The highest BCUT2D eigenvalue weighted by atomic mass is 79.9. The quantitative estimate of drug-likeness (QED) is 0.334. The zero-order valence-corrected chi connectivity index (χ0v) is 13.0. The zero-order valence-electron chi connectivity index (χ0n) is 10.7. The topological polar surface area (TPSA) is 87.7 Å². The second-order valence-corrected chi connectivity index (χ2v) is 6.03. The van der Waals surface area contributed by atoms with Crippen molar-refractivity contribution in [2.24, 2.45) is 16.3 Å². The van der Waals surface area contributed by atoms with Crippen LogP contribution in [0.1, 0.15) is 25.7 Å². The van der Waals surface area contributed by atoms with E-state index in [1.165, 1.54) is 0 Å². The summed E-state index contributed by atoms with van der Waals surface area (Å²) in [7, 11) is 0. The SMILES string of the molecule is N/C(=N/O)C1(C(=O)Nc2cccc(Cl)c2Br)CCCC1. The van der Waals surface area contributed by atoms with Gasteiger partial charge >= 0.3 is 0 Å². The van der Waals surface area contributed by atoms with Gasteiger partial charge in [-0.2, -0.15) is 0 Å². The van der Waals surface area contributed by atoms with Crippen LogP contribution in [0.15, 0.2) is 27.8 Å². The Hall–Kier alpha value is -1.27. The maximum atomic E-state index is 12.6. The second-order valence-electron chi connectivity index (χ2n) is 4.83. The smallest absolute Gasteiger partial charge is 0.238 e. The third kappa shape index (κ3) is 2.62. The first-order valence-corrected chi connectivity index (χ1v) is 7.42. The molecule has 0 spiro atoms. The molecular formula is C13H15BrClN3O2. The van der Waals surface area contributed by atoms with Gasteiger partial charge in [-0.15, -0.1) is 0 Å². The Morgan fingerprint density at radius 2 is 2.10 bits per heavy atom. The van der Waals surface area contributed by atoms with Crippen molar-refractivity contribution < 1.29 is 10.0 Å². The number of halogens is 2. The number of hydrogen-bond donors (Lipinski definition) is 3. The summed E-state index contributed by atoms with van der Waals surface area (Å²) in [5.74, 6) is -0.307. The number of rotatable bonds is 3. The highest BCUT2D eigenvalue weighted by Gasteiger charge is 2.45. The number of hydrogen-bond acceptors (Lipinski definition) is 3. The summed E-state index contributed by atoms with van der Waals surface area (Å²) in [6.07, 6.45) is 2.90. The van der Waals surface area contributed by atoms with Crippen molar-refractivity contribution in [3.63, 3.8) is 0 Å². The molecule has 0 aliphatic heterocycles. The molecule has 2 rings (SSSR count). The molecule has 108 valence electrons. The Kier molecular flexibility index (Phi) is 4.55. The van der Waals surface area contributed by atoms with E-state index < -0.39 is 5.41 Å². The number of amides is 1. The van der Waals surface area contributed by atoms with Gasteiger partial charge in [-0.3, -0.25) is 4.79 Å². The van der Waals surface area contributed by atoms with Gasteiger partial charge in [-0.05, 0) is 40.9 Å². The third-order valence-electron chi connectivity index (χ3n) is 3.69. The van der Waals surface area contributed by atoms with Gasteiger partial charge in [0.05, 0.1) is 15.2 Å². The maximum Gasteiger partial charge on any atom is 0.238 e. The number of benzene rings is 1. The van der Waals surface area contributed by atoms with E-state index in [0.29, 0.717) is 28.0 Å². The van der Waals surface area contributed by atoms with Crippen molar-refractivity contribution >= 4 is 45.0 Å². The van der Waals surface area contributed by atoms with Crippen LogP contribution in [-0.4, -0.2) is 17.0 Å². The van der Waals surface area contributed by atoms with Crippen LogP contribution in [-0.2, 0) is 4.79 Å². The molecule has 1 aromatic carbocycles. The minimum atomic E-state index is -0.934. The van der Waals surface area contributed by atoms with Crippen LogP contribution < -0.4 is 11.1 Å². The number of nitrogens with zero attached hydrogens (tertiary/aromatic N) is 1. The van der Waals surface area contributed by atoms with E-state index in [-0.39, 0.29) is 11.7 Å². The van der Waals surface area contributed by atoms with Gasteiger partial charge in [0.25, 0.3) is 0 Å². The Morgan fingerprint density at radius 3 is 2.70 bits per heavy atom. The lowest BCUT2D eigenvalue weighted by Crippen LogP contribution is -2.45. The summed E-state index contributed by atoms with van der Waals surface area (Å²) in [4.78, 5) is 12.6.